The Balaban J connectivity index is 1.48. The maximum atomic E-state index is 12.2. The molecule has 0 atom stereocenters. The molecule has 10 heteroatoms. The highest BCUT2D eigenvalue weighted by Crippen LogP contribution is 2.16. The van der Waals surface area contributed by atoms with E-state index in [2.05, 4.69) is 14.8 Å². The summed E-state index contributed by atoms with van der Waals surface area (Å²) in [5.41, 5.74) is 0.910. The lowest BCUT2D eigenvalue weighted by Crippen LogP contribution is -2.30. The fourth-order valence-corrected chi connectivity index (χ4v) is 2.51. The number of pyridine rings is 1. The van der Waals surface area contributed by atoms with Crippen LogP contribution in [0.4, 0.5) is 8.78 Å². The molecule has 0 unspecified atom stereocenters. The van der Waals surface area contributed by atoms with Crippen molar-refractivity contribution >= 4 is 11.9 Å². The van der Waals surface area contributed by atoms with E-state index in [1.807, 2.05) is 0 Å². The lowest BCUT2D eigenvalue weighted by atomic mass is 10.2. The topological polar surface area (TPSA) is 86.5 Å². The minimum absolute atomic E-state index is 0.0313. The van der Waals surface area contributed by atoms with Crippen molar-refractivity contribution < 1.29 is 27.8 Å². The van der Waals surface area contributed by atoms with Crippen LogP contribution in [0, 0.1) is 0 Å². The quantitative estimate of drug-likeness (QED) is 0.525. The molecule has 0 aliphatic rings. The van der Waals surface area contributed by atoms with Gasteiger partial charge in [-0.05, 0) is 35.9 Å². The van der Waals surface area contributed by atoms with Gasteiger partial charge in [0.05, 0.1) is 5.56 Å². The molecule has 0 N–H and O–H groups in total. The molecule has 0 bridgehead atoms. The van der Waals surface area contributed by atoms with Crippen molar-refractivity contribution in [3.05, 3.63) is 72.2 Å². The van der Waals surface area contributed by atoms with Gasteiger partial charge in [-0.3, -0.25) is 4.79 Å². The first-order valence-corrected chi connectivity index (χ1v) is 8.83. The first kappa shape index (κ1) is 20.9. The van der Waals surface area contributed by atoms with Crippen LogP contribution in [0.1, 0.15) is 15.9 Å². The Bertz CT molecular complexity index is 977. The normalized spacial score (nSPS) is 10.7. The van der Waals surface area contributed by atoms with Crippen molar-refractivity contribution in [2.24, 2.45) is 0 Å². The Kier molecular flexibility index (Phi) is 6.68. The lowest BCUT2D eigenvalue weighted by molar-refractivity contribution is -0.133. The summed E-state index contributed by atoms with van der Waals surface area (Å²) in [6, 6.07) is 10.8. The van der Waals surface area contributed by atoms with E-state index >= 15 is 0 Å². The molecule has 1 aromatic carbocycles. The molecule has 0 fully saturated rings. The summed E-state index contributed by atoms with van der Waals surface area (Å²) in [6.45, 7) is -3.12. The average molecular weight is 416 g/mol. The number of esters is 1. The third-order valence-electron chi connectivity index (χ3n) is 4.04. The molecule has 0 radical (unpaired) electrons. The number of likely N-dealkylation sites (N-methyl/N-ethyl adjacent to an activating group) is 1. The van der Waals surface area contributed by atoms with Gasteiger partial charge in [0.1, 0.15) is 5.75 Å². The smallest absolute Gasteiger partial charge is 0.387 e. The molecule has 2 aromatic heterocycles. The third-order valence-corrected chi connectivity index (χ3v) is 4.04. The predicted molar refractivity (Wildman–Crippen MR) is 101 cm³/mol. The number of halogens is 2. The van der Waals surface area contributed by atoms with Crippen LogP contribution in [0.15, 0.2) is 61.1 Å². The average Bonchev–Trinajstić information content (AvgIpc) is 3.28. The highest BCUT2D eigenvalue weighted by Gasteiger charge is 2.15. The number of carbonyl (C=O) groups is 2. The zero-order valence-corrected chi connectivity index (χ0v) is 15.9. The molecule has 3 rings (SSSR count). The molecule has 3 aromatic rings. The van der Waals surface area contributed by atoms with Crippen molar-refractivity contribution in [2.75, 3.05) is 13.7 Å². The number of rotatable bonds is 8. The number of alkyl halides is 2. The van der Waals surface area contributed by atoms with Crippen molar-refractivity contribution in [3.63, 3.8) is 0 Å². The van der Waals surface area contributed by atoms with Crippen molar-refractivity contribution in [2.45, 2.75) is 13.2 Å². The molecule has 0 aliphatic carbocycles. The van der Waals surface area contributed by atoms with Crippen molar-refractivity contribution in [1.29, 1.82) is 0 Å². The first-order valence-electron chi connectivity index (χ1n) is 8.83. The van der Waals surface area contributed by atoms with Gasteiger partial charge >= 0.3 is 12.6 Å². The number of carbonyl (C=O) groups excluding carboxylic acids is 2. The van der Waals surface area contributed by atoms with Crippen LogP contribution in [0.5, 0.6) is 5.75 Å². The van der Waals surface area contributed by atoms with Crippen LogP contribution in [0.25, 0.3) is 5.82 Å². The van der Waals surface area contributed by atoms with Gasteiger partial charge in [-0.15, -0.1) is 0 Å². The predicted octanol–water partition coefficient (Wildman–Crippen LogP) is 2.68. The van der Waals surface area contributed by atoms with Crippen LogP contribution < -0.4 is 4.74 Å². The fourth-order valence-electron chi connectivity index (χ4n) is 2.51. The molecule has 0 aliphatic heterocycles. The van der Waals surface area contributed by atoms with Crippen molar-refractivity contribution in [1.82, 2.24) is 19.7 Å². The van der Waals surface area contributed by atoms with Crippen LogP contribution in [-0.4, -0.2) is 51.8 Å². The van der Waals surface area contributed by atoms with Crippen LogP contribution in [0.3, 0.4) is 0 Å². The Labute approximate surface area is 170 Å². The maximum Gasteiger partial charge on any atom is 0.387 e. The Hall–Kier alpha value is -3.82. The molecule has 0 spiro atoms. The van der Waals surface area contributed by atoms with Gasteiger partial charge in [-0.25, -0.2) is 14.5 Å². The Morgan fingerprint density at radius 3 is 2.53 bits per heavy atom. The number of aromatic nitrogens is 3. The summed E-state index contributed by atoms with van der Waals surface area (Å²) in [7, 11) is 1.54. The zero-order chi connectivity index (χ0) is 21.5. The molecule has 2 heterocycles. The van der Waals surface area contributed by atoms with Gasteiger partial charge in [0.15, 0.2) is 12.4 Å². The van der Waals surface area contributed by atoms with E-state index in [1.54, 1.807) is 48.4 Å². The molecular weight excluding hydrogens is 398 g/mol. The van der Waals surface area contributed by atoms with Gasteiger partial charge in [0.2, 0.25) is 0 Å². The Morgan fingerprint density at radius 1 is 1.17 bits per heavy atom. The third kappa shape index (κ3) is 5.60. The molecule has 0 saturated carbocycles. The van der Waals surface area contributed by atoms with E-state index in [0.717, 1.165) is 0 Å². The van der Waals surface area contributed by atoms with Crippen LogP contribution in [-0.2, 0) is 16.1 Å². The summed E-state index contributed by atoms with van der Waals surface area (Å²) < 4.78 is 35.2. The fraction of sp³-hybridized carbons (Fsp3) is 0.200. The number of amides is 1. The second-order valence-electron chi connectivity index (χ2n) is 6.20. The summed E-state index contributed by atoms with van der Waals surface area (Å²) in [6.07, 6.45) is 4.67. The van der Waals surface area contributed by atoms with Gasteiger partial charge in [-0.1, -0.05) is 12.1 Å². The van der Waals surface area contributed by atoms with Gasteiger partial charge in [0, 0.05) is 32.2 Å². The standard InChI is InChI=1S/C20H18F2N4O4/c1-25(12-14-3-6-16(7-4-14)30-20(21)22)18(27)13-29-19(28)15-5-8-17(23-11-15)26-10-2-9-24-26/h2-11,20H,12-13H2,1H3. The van der Waals surface area contributed by atoms with E-state index in [1.165, 1.54) is 29.3 Å². The highest BCUT2D eigenvalue weighted by molar-refractivity contribution is 5.91. The summed E-state index contributed by atoms with van der Waals surface area (Å²) in [5.74, 6) is -0.525. The van der Waals surface area contributed by atoms with E-state index < -0.39 is 25.1 Å². The van der Waals surface area contributed by atoms with Crippen LogP contribution >= 0.6 is 0 Å². The number of hydrogen-bond donors (Lipinski definition) is 0. The van der Waals surface area contributed by atoms with E-state index in [9.17, 15) is 18.4 Å². The SMILES string of the molecule is CN(Cc1ccc(OC(F)F)cc1)C(=O)COC(=O)c1ccc(-n2cccn2)nc1. The highest BCUT2D eigenvalue weighted by atomic mass is 19.3. The summed E-state index contributed by atoms with van der Waals surface area (Å²) >= 11 is 0. The monoisotopic (exact) mass is 416 g/mol. The first-order chi connectivity index (χ1) is 14.4. The maximum absolute atomic E-state index is 12.2. The molecule has 8 nitrogen and oxygen atoms in total. The lowest BCUT2D eigenvalue weighted by Gasteiger charge is -2.17. The molecule has 0 saturated heterocycles. The summed E-state index contributed by atoms with van der Waals surface area (Å²) in [5, 5.41) is 4.04. The number of nitrogens with zero attached hydrogens (tertiary/aromatic N) is 4. The Morgan fingerprint density at radius 2 is 1.93 bits per heavy atom. The van der Waals surface area contributed by atoms with Gasteiger partial charge in [-0.2, -0.15) is 13.9 Å². The van der Waals surface area contributed by atoms with Gasteiger partial charge in [0.25, 0.3) is 5.91 Å². The minimum Gasteiger partial charge on any atom is -0.452 e. The zero-order valence-electron chi connectivity index (χ0n) is 15.9. The molecule has 156 valence electrons. The largest absolute Gasteiger partial charge is 0.452 e. The number of benzene rings is 1. The van der Waals surface area contributed by atoms with E-state index in [-0.39, 0.29) is 17.9 Å². The van der Waals surface area contributed by atoms with E-state index in [0.29, 0.717) is 11.4 Å². The molecular formula is C20H18F2N4O4. The van der Waals surface area contributed by atoms with Crippen molar-refractivity contribution in [3.8, 4) is 11.6 Å². The molecule has 30 heavy (non-hydrogen) atoms. The minimum atomic E-state index is -2.90. The second kappa shape index (κ2) is 9.59. The number of ether oxygens (including phenoxy) is 2. The van der Waals surface area contributed by atoms with Crippen LogP contribution in [0.2, 0.25) is 0 Å². The second-order valence-corrected chi connectivity index (χ2v) is 6.20. The van der Waals surface area contributed by atoms with E-state index in [4.69, 9.17) is 4.74 Å². The molecule has 1 amide bonds. The number of hydrogen-bond acceptors (Lipinski definition) is 6. The van der Waals surface area contributed by atoms with Gasteiger partial charge < -0.3 is 14.4 Å². The summed E-state index contributed by atoms with van der Waals surface area (Å²) in [4.78, 5) is 29.8.